The van der Waals surface area contributed by atoms with E-state index in [9.17, 15) is 14.4 Å². The summed E-state index contributed by atoms with van der Waals surface area (Å²) in [6, 6.07) is 6.77. The molecule has 7 heteroatoms. The smallest absolute Gasteiger partial charge is 0.241 e. The molecule has 0 bridgehead atoms. The summed E-state index contributed by atoms with van der Waals surface area (Å²) in [7, 11) is 0. The number of thioether (sulfide) groups is 1. The minimum Gasteiger partial charge on any atom is -0.326 e. The molecular formula is C17H20N2O3S2. The maximum Gasteiger partial charge on any atom is 0.241 e. The van der Waals surface area contributed by atoms with Crippen LogP contribution in [0.5, 0.6) is 0 Å². The van der Waals surface area contributed by atoms with Gasteiger partial charge < -0.3 is 5.32 Å². The molecule has 1 aromatic carbocycles. The van der Waals surface area contributed by atoms with Crippen molar-refractivity contribution in [3.05, 3.63) is 29.8 Å². The second-order valence-corrected chi connectivity index (χ2v) is 7.39. The lowest BCUT2D eigenvalue weighted by Gasteiger charge is -2.15. The van der Waals surface area contributed by atoms with E-state index in [2.05, 4.69) is 5.32 Å². The fourth-order valence-electron chi connectivity index (χ4n) is 2.37. The molecule has 1 saturated heterocycles. The molecule has 1 aliphatic heterocycles. The zero-order valence-electron chi connectivity index (χ0n) is 13.7. The topological polar surface area (TPSA) is 66.5 Å². The maximum atomic E-state index is 12.1. The van der Waals surface area contributed by atoms with E-state index in [-0.39, 0.29) is 22.8 Å². The highest BCUT2D eigenvalue weighted by Crippen LogP contribution is 2.29. The average molecular weight is 364 g/mol. The van der Waals surface area contributed by atoms with Gasteiger partial charge in [-0.3, -0.25) is 19.3 Å². The number of nitrogens with one attached hydrogen (secondary N) is 1. The first-order chi connectivity index (χ1) is 11.4. The Kier molecular flexibility index (Phi) is 6.51. The summed E-state index contributed by atoms with van der Waals surface area (Å²) in [6.07, 6.45) is 1.62. The zero-order chi connectivity index (χ0) is 17.7. The Labute approximate surface area is 151 Å². The highest BCUT2D eigenvalue weighted by molar-refractivity contribution is 8.24. The molecule has 1 N–H and O–H groups in total. The standard InChI is InChI=1S/C17H20N2O3S2/c1-3-14-16(22)19(17(23)24-14)10-4-5-15(21)18-13-8-6-12(7-9-13)11(2)20/h6-9,14H,3-5,10H2,1-2H3,(H,18,21). The van der Waals surface area contributed by atoms with Crippen molar-refractivity contribution in [3.8, 4) is 0 Å². The second kappa shape index (κ2) is 8.39. The Morgan fingerprint density at radius 1 is 1.29 bits per heavy atom. The van der Waals surface area contributed by atoms with E-state index in [1.165, 1.54) is 18.7 Å². The van der Waals surface area contributed by atoms with Crippen LogP contribution >= 0.6 is 24.0 Å². The molecule has 0 radical (unpaired) electrons. The van der Waals surface area contributed by atoms with Gasteiger partial charge in [-0.15, -0.1) is 0 Å². The molecule has 1 aliphatic rings. The first-order valence-electron chi connectivity index (χ1n) is 7.85. The number of Topliss-reactive ketones (excluding diaryl/α,β-unsaturated/α-hetero) is 1. The molecule has 1 atom stereocenters. The molecule has 128 valence electrons. The van der Waals surface area contributed by atoms with Gasteiger partial charge >= 0.3 is 0 Å². The van der Waals surface area contributed by atoms with Crippen LogP contribution in [0.1, 0.15) is 43.5 Å². The van der Waals surface area contributed by atoms with Crippen molar-refractivity contribution in [1.29, 1.82) is 0 Å². The molecule has 24 heavy (non-hydrogen) atoms. The van der Waals surface area contributed by atoms with Gasteiger partial charge in [0.05, 0.1) is 5.25 Å². The number of carbonyl (C=O) groups excluding carboxylic acids is 3. The third-order valence-electron chi connectivity index (χ3n) is 3.74. The van der Waals surface area contributed by atoms with Crippen LogP contribution in [0, 0.1) is 0 Å². The van der Waals surface area contributed by atoms with Gasteiger partial charge in [-0.2, -0.15) is 0 Å². The third kappa shape index (κ3) is 4.64. The van der Waals surface area contributed by atoms with E-state index in [4.69, 9.17) is 12.2 Å². The van der Waals surface area contributed by atoms with Crippen molar-refractivity contribution in [2.45, 2.75) is 38.4 Å². The van der Waals surface area contributed by atoms with Crippen LogP contribution in [-0.2, 0) is 9.59 Å². The van der Waals surface area contributed by atoms with E-state index in [0.29, 0.717) is 35.0 Å². The third-order valence-corrected chi connectivity index (χ3v) is 5.49. The summed E-state index contributed by atoms with van der Waals surface area (Å²) in [5.74, 6) is -0.0852. The molecule has 1 heterocycles. The van der Waals surface area contributed by atoms with Crippen LogP contribution in [0.2, 0.25) is 0 Å². The van der Waals surface area contributed by atoms with Crippen molar-refractivity contribution in [1.82, 2.24) is 4.90 Å². The van der Waals surface area contributed by atoms with Crippen molar-refractivity contribution in [3.63, 3.8) is 0 Å². The van der Waals surface area contributed by atoms with Gasteiger partial charge in [0, 0.05) is 24.2 Å². The Hall–Kier alpha value is -1.73. The van der Waals surface area contributed by atoms with Gasteiger partial charge in [-0.05, 0) is 44.0 Å². The quantitative estimate of drug-likeness (QED) is 0.594. The Balaban J connectivity index is 1.78. The number of hydrogen-bond acceptors (Lipinski definition) is 5. The van der Waals surface area contributed by atoms with Gasteiger partial charge in [-0.1, -0.05) is 30.9 Å². The van der Waals surface area contributed by atoms with Crippen LogP contribution in [0.15, 0.2) is 24.3 Å². The fourth-order valence-corrected chi connectivity index (χ4v) is 3.84. The maximum absolute atomic E-state index is 12.1. The summed E-state index contributed by atoms with van der Waals surface area (Å²) in [6.45, 7) is 3.93. The molecule has 2 amide bonds. The number of amides is 2. The predicted octanol–water partition coefficient (Wildman–Crippen LogP) is 3.25. The molecule has 2 rings (SSSR count). The normalized spacial score (nSPS) is 17.2. The van der Waals surface area contributed by atoms with Crippen LogP contribution in [-0.4, -0.2) is 38.6 Å². The molecule has 0 saturated carbocycles. The van der Waals surface area contributed by atoms with Gasteiger partial charge in [-0.25, -0.2) is 0 Å². The van der Waals surface area contributed by atoms with E-state index in [1.807, 2.05) is 6.92 Å². The summed E-state index contributed by atoms with van der Waals surface area (Å²) in [5, 5.41) is 2.71. The lowest BCUT2D eigenvalue weighted by Crippen LogP contribution is -2.32. The Morgan fingerprint density at radius 2 is 1.96 bits per heavy atom. The number of anilines is 1. The number of carbonyl (C=O) groups is 3. The van der Waals surface area contributed by atoms with E-state index < -0.39 is 0 Å². The van der Waals surface area contributed by atoms with Crippen LogP contribution in [0.4, 0.5) is 5.69 Å². The molecule has 0 aliphatic carbocycles. The number of nitrogens with zero attached hydrogens (tertiary/aromatic N) is 1. The lowest BCUT2D eigenvalue weighted by atomic mass is 10.1. The first kappa shape index (κ1) is 18.6. The highest BCUT2D eigenvalue weighted by Gasteiger charge is 2.35. The van der Waals surface area contributed by atoms with Gasteiger partial charge in [0.25, 0.3) is 0 Å². The van der Waals surface area contributed by atoms with Gasteiger partial charge in [0.15, 0.2) is 5.78 Å². The molecule has 1 fully saturated rings. The monoisotopic (exact) mass is 364 g/mol. The van der Waals surface area contributed by atoms with Crippen molar-refractivity contribution < 1.29 is 14.4 Å². The van der Waals surface area contributed by atoms with Gasteiger partial charge in [0.2, 0.25) is 11.8 Å². The van der Waals surface area contributed by atoms with E-state index in [1.54, 1.807) is 29.2 Å². The Bertz CT molecular complexity index is 658. The largest absolute Gasteiger partial charge is 0.326 e. The summed E-state index contributed by atoms with van der Waals surface area (Å²) >= 11 is 6.64. The molecule has 1 aromatic rings. The van der Waals surface area contributed by atoms with Crippen molar-refractivity contribution >= 4 is 51.6 Å². The fraction of sp³-hybridized carbons (Fsp3) is 0.412. The van der Waals surface area contributed by atoms with Crippen LogP contribution in [0.25, 0.3) is 0 Å². The van der Waals surface area contributed by atoms with Crippen LogP contribution in [0.3, 0.4) is 0 Å². The van der Waals surface area contributed by atoms with Crippen molar-refractivity contribution in [2.24, 2.45) is 0 Å². The molecule has 1 unspecified atom stereocenters. The SMILES string of the molecule is CCC1SC(=S)N(CCCC(=O)Nc2ccc(C(C)=O)cc2)C1=O. The number of benzene rings is 1. The summed E-state index contributed by atoms with van der Waals surface area (Å²) in [5.41, 5.74) is 1.26. The second-order valence-electron chi connectivity index (χ2n) is 5.56. The molecular weight excluding hydrogens is 344 g/mol. The number of thiocarbonyl (C=S) groups is 1. The first-order valence-corrected chi connectivity index (χ1v) is 9.14. The van der Waals surface area contributed by atoms with Crippen molar-refractivity contribution in [2.75, 3.05) is 11.9 Å². The Morgan fingerprint density at radius 3 is 2.50 bits per heavy atom. The van der Waals surface area contributed by atoms with Crippen LogP contribution < -0.4 is 5.32 Å². The predicted molar refractivity (Wildman–Crippen MR) is 100 cm³/mol. The van der Waals surface area contributed by atoms with E-state index >= 15 is 0 Å². The van der Waals surface area contributed by atoms with E-state index in [0.717, 1.165) is 6.42 Å². The number of ketones is 1. The average Bonchev–Trinajstić information content (AvgIpc) is 2.82. The minimum atomic E-state index is -0.122. The molecule has 0 spiro atoms. The zero-order valence-corrected chi connectivity index (χ0v) is 15.3. The highest BCUT2D eigenvalue weighted by atomic mass is 32.2. The number of rotatable bonds is 7. The lowest BCUT2D eigenvalue weighted by molar-refractivity contribution is -0.126. The number of hydrogen-bond donors (Lipinski definition) is 1. The summed E-state index contributed by atoms with van der Waals surface area (Å²) < 4.78 is 0.604. The molecule has 5 nitrogen and oxygen atoms in total. The minimum absolute atomic E-state index is 0.0117. The van der Waals surface area contributed by atoms with Gasteiger partial charge in [0.1, 0.15) is 4.32 Å². The summed E-state index contributed by atoms with van der Waals surface area (Å²) in [4.78, 5) is 36.9. The molecule has 0 aromatic heterocycles.